The molecule has 1 aliphatic heterocycles. The van der Waals surface area contributed by atoms with E-state index < -0.39 is 15.9 Å². The zero-order valence-electron chi connectivity index (χ0n) is 14.5. The summed E-state index contributed by atoms with van der Waals surface area (Å²) in [6.07, 6.45) is 4.80. The van der Waals surface area contributed by atoms with Gasteiger partial charge in [0.25, 0.3) is 5.91 Å². The van der Waals surface area contributed by atoms with Gasteiger partial charge in [-0.1, -0.05) is 0 Å². The summed E-state index contributed by atoms with van der Waals surface area (Å²) in [6.45, 7) is 1.84. The Morgan fingerprint density at radius 3 is 2.52 bits per heavy atom. The van der Waals surface area contributed by atoms with Crippen LogP contribution in [-0.2, 0) is 14.8 Å². The first-order valence-electron chi connectivity index (χ1n) is 8.52. The van der Waals surface area contributed by atoms with Crippen LogP contribution < -0.4 is 15.4 Å². The number of piperidine rings is 1. The molecule has 0 radical (unpaired) electrons. The van der Waals surface area contributed by atoms with Gasteiger partial charge in [0, 0.05) is 20.2 Å². The van der Waals surface area contributed by atoms with Gasteiger partial charge in [0.1, 0.15) is 0 Å². The number of carbonyl (C=O) groups excluding carboxylic acids is 1. The lowest BCUT2D eigenvalue weighted by Crippen LogP contribution is -2.36. The van der Waals surface area contributed by atoms with Gasteiger partial charge >= 0.3 is 0 Å². The summed E-state index contributed by atoms with van der Waals surface area (Å²) in [5.74, 6) is -0.627. The van der Waals surface area contributed by atoms with E-state index in [1.165, 1.54) is 20.0 Å². The minimum Gasteiger partial charge on any atom is -0.384 e. The third-order valence-electron chi connectivity index (χ3n) is 5.21. The quantitative estimate of drug-likeness (QED) is 0.761. The lowest BCUT2D eigenvalue weighted by Gasteiger charge is -2.35. The standard InChI is InChI=1S/C17H25N3O4S/c1-24-10-11-25(22,23)19-13-2-3-14(16(18)21)15(12-13)20-8-6-17(4-5-17)7-9-20/h2-3,12,19H,4-11H2,1H3,(H2,18,21). The number of nitrogens with two attached hydrogens (primary N) is 1. The third-order valence-corrected chi connectivity index (χ3v) is 6.47. The summed E-state index contributed by atoms with van der Waals surface area (Å²) >= 11 is 0. The van der Waals surface area contributed by atoms with Gasteiger partial charge in [-0.15, -0.1) is 0 Å². The molecule has 1 saturated carbocycles. The van der Waals surface area contributed by atoms with Crippen molar-refractivity contribution in [3.63, 3.8) is 0 Å². The number of primary amides is 1. The summed E-state index contributed by atoms with van der Waals surface area (Å²) in [6, 6.07) is 4.86. The average molecular weight is 367 g/mol. The zero-order chi connectivity index (χ0) is 18.1. The molecule has 7 nitrogen and oxygen atoms in total. The molecule has 8 heteroatoms. The fraction of sp³-hybridized carbons (Fsp3) is 0.588. The molecule has 1 heterocycles. The topological polar surface area (TPSA) is 102 Å². The molecule has 25 heavy (non-hydrogen) atoms. The largest absolute Gasteiger partial charge is 0.384 e. The van der Waals surface area contributed by atoms with E-state index in [0.717, 1.165) is 25.9 Å². The highest BCUT2D eigenvalue weighted by molar-refractivity contribution is 7.92. The van der Waals surface area contributed by atoms with Crippen molar-refractivity contribution < 1.29 is 17.9 Å². The highest BCUT2D eigenvalue weighted by atomic mass is 32.2. The van der Waals surface area contributed by atoms with Crippen LogP contribution in [0, 0.1) is 5.41 Å². The molecule has 1 saturated heterocycles. The Labute approximate surface area is 148 Å². The monoisotopic (exact) mass is 367 g/mol. The number of sulfonamides is 1. The molecule has 1 aromatic carbocycles. The fourth-order valence-electron chi connectivity index (χ4n) is 3.39. The summed E-state index contributed by atoms with van der Waals surface area (Å²) in [5.41, 5.74) is 7.59. The van der Waals surface area contributed by atoms with Crippen LogP contribution in [0.1, 0.15) is 36.0 Å². The Balaban J connectivity index is 1.81. The van der Waals surface area contributed by atoms with Crippen molar-refractivity contribution >= 4 is 27.3 Å². The number of rotatable bonds is 7. The number of hydrogen-bond donors (Lipinski definition) is 2. The maximum Gasteiger partial charge on any atom is 0.250 e. The van der Waals surface area contributed by atoms with Gasteiger partial charge in [-0.3, -0.25) is 9.52 Å². The van der Waals surface area contributed by atoms with Crippen molar-refractivity contribution in [2.24, 2.45) is 11.1 Å². The number of nitrogens with one attached hydrogen (secondary N) is 1. The van der Waals surface area contributed by atoms with Gasteiger partial charge in [0.2, 0.25) is 10.0 Å². The molecule has 0 aromatic heterocycles. The molecule has 1 spiro atoms. The molecule has 2 fully saturated rings. The molecule has 0 bridgehead atoms. The van der Waals surface area contributed by atoms with Gasteiger partial charge in [-0.05, 0) is 49.3 Å². The lowest BCUT2D eigenvalue weighted by molar-refractivity contribution is 0.100. The van der Waals surface area contributed by atoms with Gasteiger partial charge in [-0.25, -0.2) is 8.42 Å². The van der Waals surface area contributed by atoms with E-state index in [-0.39, 0.29) is 12.4 Å². The minimum atomic E-state index is -3.50. The number of carbonyl (C=O) groups is 1. The first-order valence-corrected chi connectivity index (χ1v) is 10.2. The van der Waals surface area contributed by atoms with Gasteiger partial charge < -0.3 is 15.4 Å². The number of benzene rings is 1. The van der Waals surface area contributed by atoms with Gasteiger partial charge in [0.05, 0.1) is 29.3 Å². The summed E-state index contributed by atoms with van der Waals surface area (Å²) in [5, 5.41) is 0. The number of anilines is 2. The molecule has 1 aromatic rings. The molecule has 138 valence electrons. The van der Waals surface area contributed by atoms with Crippen molar-refractivity contribution in [3.8, 4) is 0 Å². The van der Waals surface area contributed by atoms with E-state index in [1.54, 1.807) is 18.2 Å². The summed E-state index contributed by atoms with van der Waals surface area (Å²) in [4.78, 5) is 13.9. The Hall–Kier alpha value is -1.80. The summed E-state index contributed by atoms with van der Waals surface area (Å²) in [7, 11) is -2.04. The minimum absolute atomic E-state index is 0.121. The Morgan fingerprint density at radius 2 is 1.96 bits per heavy atom. The highest BCUT2D eigenvalue weighted by Gasteiger charge is 2.44. The van der Waals surface area contributed by atoms with E-state index in [0.29, 0.717) is 22.4 Å². The van der Waals surface area contributed by atoms with Crippen LogP contribution in [0.15, 0.2) is 18.2 Å². The first kappa shape index (κ1) is 18.0. The molecular weight excluding hydrogens is 342 g/mol. The molecule has 0 unspecified atom stereocenters. The second-order valence-corrected chi connectivity index (χ2v) is 8.84. The predicted octanol–water partition coefficient (Wildman–Crippen LogP) is 1.55. The van der Waals surface area contributed by atoms with Crippen molar-refractivity contribution in [2.45, 2.75) is 25.7 Å². The number of ether oxygens (including phenoxy) is 1. The van der Waals surface area contributed by atoms with Crippen LogP contribution in [0.4, 0.5) is 11.4 Å². The third kappa shape index (κ3) is 4.24. The van der Waals surface area contributed by atoms with Crippen molar-refractivity contribution in [1.82, 2.24) is 0 Å². The smallest absolute Gasteiger partial charge is 0.250 e. The van der Waals surface area contributed by atoms with Crippen molar-refractivity contribution in [3.05, 3.63) is 23.8 Å². The van der Waals surface area contributed by atoms with Crippen molar-refractivity contribution in [2.75, 3.05) is 42.2 Å². The Morgan fingerprint density at radius 1 is 1.28 bits per heavy atom. The first-order chi connectivity index (χ1) is 11.8. The molecule has 1 amide bonds. The van der Waals surface area contributed by atoms with E-state index in [2.05, 4.69) is 9.62 Å². The van der Waals surface area contributed by atoms with Gasteiger partial charge in [0.15, 0.2) is 0 Å². The van der Waals surface area contributed by atoms with E-state index >= 15 is 0 Å². The normalized spacial score (nSPS) is 19.0. The number of nitrogens with zero attached hydrogens (tertiary/aromatic N) is 1. The van der Waals surface area contributed by atoms with Crippen molar-refractivity contribution in [1.29, 1.82) is 0 Å². The Bertz CT molecular complexity index is 749. The zero-order valence-corrected chi connectivity index (χ0v) is 15.3. The maximum absolute atomic E-state index is 12.1. The number of amides is 1. The maximum atomic E-state index is 12.1. The molecule has 3 N–H and O–H groups in total. The summed E-state index contributed by atoms with van der Waals surface area (Å²) < 4.78 is 31.5. The predicted molar refractivity (Wildman–Crippen MR) is 97.4 cm³/mol. The molecular formula is C17H25N3O4S. The van der Waals surface area contributed by atoms with Crippen LogP contribution in [0.25, 0.3) is 0 Å². The van der Waals surface area contributed by atoms with Crippen LogP contribution in [-0.4, -0.2) is 46.9 Å². The second-order valence-electron chi connectivity index (χ2n) is 7.00. The Kier molecular flexibility index (Phi) is 4.92. The molecule has 0 atom stereocenters. The van der Waals surface area contributed by atoms with Crippen LogP contribution in [0.3, 0.4) is 0 Å². The lowest BCUT2D eigenvalue weighted by atomic mass is 9.93. The number of methoxy groups -OCH3 is 1. The number of hydrogen-bond acceptors (Lipinski definition) is 5. The van der Waals surface area contributed by atoms with Gasteiger partial charge in [-0.2, -0.15) is 0 Å². The SMILES string of the molecule is COCCS(=O)(=O)Nc1ccc(C(N)=O)c(N2CCC3(CC2)CC3)c1. The van der Waals surface area contributed by atoms with Crippen LogP contribution >= 0.6 is 0 Å². The van der Waals surface area contributed by atoms with E-state index in [9.17, 15) is 13.2 Å². The molecule has 2 aliphatic rings. The molecule has 1 aliphatic carbocycles. The van der Waals surface area contributed by atoms with E-state index in [1.807, 2.05) is 0 Å². The highest BCUT2D eigenvalue weighted by Crippen LogP contribution is 2.54. The average Bonchev–Trinajstić information content (AvgIpc) is 3.32. The fourth-order valence-corrected chi connectivity index (χ4v) is 4.36. The van der Waals surface area contributed by atoms with Crippen LogP contribution in [0.5, 0.6) is 0 Å². The van der Waals surface area contributed by atoms with Crippen LogP contribution in [0.2, 0.25) is 0 Å². The van der Waals surface area contributed by atoms with E-state index in [4.69, 9.17) is 10.5 Å². The second kappa shape index (κ2) is 6.84. The molecule has 3 rings (SSSR count).